The summed E-state index contributed by atoms with van der Waals surface area (Å²) in [6.07, 6.45) is 6.39. The van der Waals surface area contributed by atoms with E-state index in [1.807, 2.05) is 146 Å². The number of benzene rings is 2. The Morgan fingerprint density at radius 2 is 1.04 bits per heavy atom. The van der Waals surface area contributed by atoms with Crippen molar-refractivity contribution in [3.05, 3.63) is 162 Å². The number of nitrogens with one attached hydrogen (secondary N) is 4. The van der Waals surface area contributed by atoms with E-state index in [0.717, 1.165) is 11.1 Å². The van der Waals surface area contributed by atoms with E-state index in [-0.39, 0.29) is 107 Å². The number of carbonyl (C=O) groups excluding carboxylic acids is 5. The minimum absolute atomic E-state index is 0.0386. The fourth-order valence-electron chi connectivity index (χ4n) is 9.70. The number of esters is 1. The molecule has 34 nitrogen and oxygen atoms in total. The van der Waals surface area contributed by atoms with Gasteiger partial charge < -0.3 is 62.2 Å². The van der Waals surface area contributed by atoms with Crippen LogP contribution in [0.1, 0.15) is 126 Å². The summed E-state index contributed by atoms with van der Waals surface area (Å²) in [6.45, 7) is 36.6. The van der Waals surface area contributed by atoms with E-state index < -0.39 is 29.8 Å². The highest BCUT2D eigenvalue weighted by Crippen LogP contribution is 2.24. The molecule has 5 N–H and O–H groups in total. The first-order chi connectivity index (χ1) is 52.6. The number of ether oxygens (including phenoxy) is 7. The molecule has 36 heteroatoms. The number of nitrogens with zero attached hydrogens (tertiary/aromatic N) is 12. The van der Waals surface area contributed by atoms with Crippen molar-refractivity contribution < 1.29 is 67.0 Å². The number of aromatic amines is 2. The maximum absolute atomic E-state index is 12.0. The van der Waals surface area contributed by atoms with Crippen molar-refractivity contribution in [3.8, 4) is 0 Å². The minimum atomic E-state index is -1.05. The first-order valence-corrected chi connectivity index (χ1v) is 36.1. The van der Waals surface area contributed by atoms with Gasteiger partial charge in [-0.1, -0.05) is 74.5 Å². The van der Waals surface area contributed by atoms with Crippen molar-refractivity contribution in [2.75, 3.05) is 97.3 Å². The summed E-state index contributed by atoms with van der Waals surface area (Å²) in [5, 5.41) is 13.8. The third kappa shape index (κ3) is 34.3. The average molecular weight is 1560 g/mol. The van der Waals surface area contributed by atoms with Crippen molar-refractivity contribution in [2.45, 2.75) is 166 Å². The molecular weight excluding hydrogens is 1450 g/mol. The number of aryl methyl sites for hydroxylation is 2. The van der Waals surface area contributed by atoms with Crippen molar-refractivity contribution in [2.24, 2.45) is 11.8 Å². The average Bonchev–Trinajstić information content (AvgIpc) is 1.64. The summed E-state index contributed by atoms with van der Waals surface area (Å²) in [7, 11) is 13.8. The lowest BCUT2D eigenvalue weighted by molar-refractivity contribution is -0.148. The van der Waals surface area contributed by atoms with Gasteiger partial charge in [-0.25, -0.2) is 44.1 Å². The van der Waals surface area contributed by atoms with Crippen molar-refractivity contribution in [3.63, 3.8) is 0 Å². The molecule has 0 aliphatic heterocycles. The van der Waals surface area contributed by atoms with Gasteiger partial charge in [0.15, 0.2) is 28.1 Å². The van der Waals surface area contributed by atoms with E-state index in [1.165, 1.54) is 25.3 Å². The van der Waals surface area contributed by atoms with Crippen LogP contribution in [0, 0.1) is 25.7 Å². The summed E-state index contributed by atoms with van der Waals surface area (Å²) >= 11 is 0. The Labute approximate surface area is 654 Å². The molecule has 4 amide bonds. The van der Waals surface area contributed by atoms with E-state index >= 15 is 0 Å². The predicted molar refractivity (Wildman–Crippen MR) is 426 cm³/mol. The largest absolute Gasteiger partial charge is 0.480 e. The fraction of sp³-hybridized carbons (Fsp3) is 0.526. The quantitative estimate of drug-likeness (QED) is 0.0141. The van der Waals surface area contributed by atoms with Crippen LogP contribution in [0.3, 0.4) is 0 Å². The summed E-state index contributed by atoms with van der Waals surface area (Å²) in [4.78, 5) is 147. The van der Waals surface area contributed by atoms with Crippen LogP contribution in [0.5, 0.6) is 0 Å². The number of aromatic nitrogens is 12. The number of carboxylic acids is 1. The molecular formula is C76H110B2N16O18. The maximum atomic E-state index is 12.0. The van der Waals surface area contributed by atoms with Gasteiger partial charge in [0, 0.05) is 67.4 Å². The molecule has 0 aliphatic carbocycles. The van der Waals surface area contributed by atoms with Gasteiger partial charge in [-0.2, -0.15) is 4.98 Å². The monoisotopic (exact) mass is 1560 g/mol. The Hall–Kier alpha value is -10.7. The standard InChI is InChI=1S/C17H19N5O2.C16H19N3O3.C13H24BNO5.C11H20BNO5.C10H14N4O.C9H14N2O2/c1-17(2,3)22-11-20-13-14(18-10-19-15(13)22)21-16(23)24-9-12-7-5-4-6-8-12;1-16(2,3)19-10-9-13(17-14(19)20)18-15(21)22-11-12-7-5-4-6-8-12;1-4-20-13(17)9-15(12(16)7-14)8-11(2)10-19-6-5-18-3;1-9(8-18-4-3-17-2)6-13(7-11(15)16)10(14)5-12;1-6-12-8-7(9(15)13-6)11-5-14(8)10(2,3)4;1-6-5-11(9(2,3)4)8(13)10-7(6)12/h4-8,10-11H,9H2,1-3H3,(H,18,19,21,23);4-10H,11H2,1-3H3,(H,17,18,20,21);11H,4-10H2,1-3H3;9H,3-8H2,1-2H3,(H,15,16);5H,1-4H3,(H,12,13,15);5H,1-4H3,(H,10,12,13)/t;;11-;9-;;/m..11../s1. The number of H-pyrrole nitrogens is 2. The van der Waals surface area contributed by atoms with Gasteiger partial charge in [-0.3, -0.25) is 53.5 Å². The molecule has 0 spiro atoms. The number of anilines is 2. The van der Waals surface area contributed by atoms with Crippen LogP contribution in [-0.4, -0.2) is 211 Å². The maximum Gasteiger partial charge on any atom is 0.413 e. The van der Waals surface area contributed by atoms with E-state index in [2.05, 4.69) is 71.3 Å². The van der Waals surface area contributed by atoms with Crippen molar-refractivity contribution >= 4 is 85.6 Å². The van der Waals surface area contributed by atoms with Crippen molar-refractivity contribution in [1.29, 1.82) is 0 Å². The molecule has 2 aromatic carbocycles. The molecule has 6 heterocycles. The van der Waals surface area contributed by atoms with Crippen LogP contribution in [0.25, 0.3) is 22.3 Å². The first-order valence-electron chi connectivity index (χ1n) is 36.1. The second-order valence-electron chi connectivity index (χ2n) is 29.4. The molecule has 0 unspecified atom stereocenters. The molecule has 0 saturated heterocycles. The number of imidazole rings is 2. The number of hydrogen-bond donors (Lipinski definition) is 5. The first kappa shape index (κ1) is 95.5. The van der Waals surface area contributed by atoms with Crippen molar-refractivity contribution in [1.82, 2.24) is 67.9 Å². The molecule has 112 heavy (non-hydrogen) atoms. The highest BCUT2D eigenvalue weighted by Gasteiger charge is 2.24. The lowest BCUT2D eigenvalue weighted by Gasteiger charge is -2.24. The molecule has 8 aromatic rings. The normalized spacial score (nSPS) is 11.7. The minimum Gasteiger partial charge on any atom is -0.480 e. The van der Waals surface area contributed by atoms with E-state index in [9.17, 15) is 47.9 Å². The molecule has 2 atom stereocenters. The molecule has 4 radical (unpaired) electrons. The summed E-state index contributed by atoms with van der Waals surface area (Å²) in [6, 6.07) is 20.4. The predicted octanol–water partition coefficient (Wildman–Crippen LogP) is 7.91. The highest BCUT2D eigenvalue weighted by molar-refractivity contribution is 6.20. The highest BCUT2D eigenvalue weighted by atomic mass is 16.6. The molecule has 0 saturated carbocycles. The zero-order valence-corrected chi connectivity index (χ0v) is 67.9. The molecule has 0 bridgehead atoms. The number of aliphatic carboxylic acids is 1. The number of fused-ring (bicyclic) bond motifs is 2. The van der Waals surface area contributed by atoms with Crippen LogP contribution in [0.4, 0.5) is 21.2 Å². The second-order valence-corrected chi connectivity index (χ2v) is 29.4. The number of hydrogen-bond acceptors (Lipinski definition) is 23. The van der Waals surface area contributed by atoms with Gasteiger partial charge in [-0.15, -0.1) is 0 Å². The Morgan fingerprint density at radius 1 is 0.562 bits per heavy atom. The number of carboxylic acid groups (broad SMARTS) is 1. The van der Waals surface area contributed by atoms with Gasteiger partial charge in [0.25, 0.3) is 11.1 Å². The number of carbonyl (C=O) groups is 6. The van der Waals surface area contributed by atoms with Gasteiger partial charge in [-0.05, 0) is 146 Å². The molecule has 0 aliphatic rings. The van der Waals surface area contributed by atoms with Gasteiger partial charge >= 0.3 is 35.5 Å². The van der Waals surface area contributed by atoms with E-state index in [1.54, 1.807) is 66.1 Å². The van der Waals surface area contributed by atoms with Gasteiger partial charge in [0.05, 0.1) is 74.6 Å². The van der Waals surface area contributed by atoms with Crippen LogP contribution in [0.2, 0.25) is 12.6 Å². The Bertz CT molecular complexity index is 4500. The lowest BCUT2D eigenvalue weighted by atomic mass is 10.0. The summed E-state index contributed by atoms with van der Waals surface area (Å²) < 4.78 is 42.4. The van der Waals surface area contributed by atoms with Gasteiger partial charge in [0.2, 0.25) is 11.8 Å². The summed E-state index contributed by atoms with van der Waals surface area (Å²) in [5.74, 6) is -0.884. The molecule has 8 rings (SSSR count). The SMILES string of the molecule is CC(C)(C)n1ccc(NC(=O)OCc2ccccc2)nc1=O.CC(C)(C)n1cnc2c(NC(=O)OCc3ccccc3)ncnc21.Cc1cn(C(C)(C)C)c(=O)[nH]c1=O.Cc1nc2c(ncn2C(C)(C)C)c(=O)[nH]1.[B]CC(=O)N(CC(=O)O)C[C@@H](C)COCCOC.[B]CC(=O)N(CC(=O)OCC)C[C@@H](C)COCCOC. The smallest absolute Gasteiger partial charge is 0.413 e. The van der Waals surface area contributed by atoms with Crippen LogP contribution < -0.4 is 33.1 Å². The zero-order chi connectivity index (χ0) is 84.1. The Kier molecular flexibility index (Phi) is 39.9. The number of methoxy groups -OCH3 is 2. The van der Waals surface area contributed by atoms with E-state index in [4.69, 9.17) is 54.0 Å². The Morgan fingerprint density at radius 3 is 1.49 bits per heavy atom. The van der Waals surface area contributed by atoms with Gasteiger partial charge in [0.1, 0.15) is 44.3 Å². The topological polar surface area (TPSA) is 415 Å². The molecule has 0 fully saturated rings. The third-order valence-corrected chi connectivity index (χ3v) is 15.3. The third-order valence-electron chi connectivity index (χ3n) is 15.3. The van der Waals surface area contributed by atoms with E-state index in [0.29, 0.717) is 98.9 Å². The number of amides is 4. The van der Waals surface area contributed by atoms with Crippen LogP contribution >= 0.6 is 0 Å². The zero-order valence-electron chi connectivity index (χ0n) is 67.9. The molecule has 6 aromatic heterocycles. The second kappa shape index (κ2) is 46.8. The van der Waals surface area contributed by atoms with Crippen LogP contribution in [0.15, 0.2) is 117 Å². The lowest BCUT2D eigenvalue weighted by Crippen LogP contribution is -2.40. The van der Waals surface area contributed by atoms with Crippen LogP contribution in [-0.2, 0) is 87.7 Å². The molecule has 608 valence electrons. The Balaban J connectivity index is 0.000000352. The fourth-order valence-corrected chi connectivity index (χ4v) is 9.70. The summed E-state index contributed by atoms with van der Waals surface area (Å²) in [5.41, 5.74) is 2.35. The number of rotatable bonds is 27.